The molecule has 4 rings (SSSR count). The van der Waals surface area contributed by atoms with E-state index in [4.69, 9.17) is 4.74 Å². The first kappa shape index (κ1) is 18.2. The lowest BCUT2D eigenvalue weighted by atomic mass is 9.82. The molecular formula is C23H21NO4. The number of aryl methyl sites for hydroxylation is 1. The number of hydrogen-bond acceptors (Lipinski definition) is 4. The summed E-state index contributed by atoms with van der Waals surface area (Å²) in [4.78, 5) is 39.4. The Bertz CT molecular complexity index is 1010. The Labute approximate surface area is 163 Å². The van der Waals surface area contributed by atoms with E-state index in [1.54, 1.807) is 36.4 Å². The molecular weight excluding hydrogens is 354 g/mol. The van der Waals surface area contributed by atoms with Gasteiger partial charge in [0.05, 0.1) is 23.1 Å². The Morgan fingerprint density at radius 1 is 1.00 bits per heavy atom. The fourth-order valence-corrected chi connectivity index (χ4v) is 3.94. The van der Waals surface area contributed by atoms with Crippen molar-refractivity contribution in [2.45, 2.75) is 26.7 Å². The van der Waals surface area contributed by atoms with Gasteiger partial charge in [0.1, 0.15) is 5.75 Å². The monoisotopic (exact) mass is 375 g/mol. The van der Waals surface area contributed by atoms with E-state index < -0.39 is 5.97 Å². The van der Waals surface area contributed by atoms with E-state index in [9.17, 15) is 14.4 Å². The zero-order chi connectivity index (χ0) is 19.8. The zero-order valence-electron chi connectivity index (χ0n) is 15.8. The molecule has 1 saturated heterocycles. The minimum Gasteiger partial charge on any atom is -0.423 e. The van der Waals surface area contributed by atoms with Gasteiger partial charge >= 0.3 is 5.97 Å². The Balaban J connectivity index is 1.58. The summed E-state index contributed by atoms with van der Waals surface area (Å²) in [6.45, 7) is 3.83. The molecule has 0 radical (unpaired) electrons. The number of esters is 1. The first-order valence-electron chi connectivity index (χ1n) is 9.37. The number of fused-ring (bicyclic) bond motifs is 1. The summed E-state index contributed by atoms with van der Waals surface area (Å²) in [5, 5.41) is 0. The number of amides is 2. The third kappa shape index (κ3) is 3.13. The molecule has 142 valence electrons. The predicted molar refractivity (Wildman–Crippen MR) is 105 cm³/mol. The summed E-state index contributed by atoms with van der Waals surface area (Å²) in [5.41, 5.74) is 2.89. The van der Waals surface area contributed by atoms with Gasteiger partial charge < -0.3 is 4.74 Å². The van der Waals surface area contributed by atoms with Gasteiger partial charge in [-0.2, -0.15) is 0 Å². The molecule has 0 saturated carbocycles. The minimum atomic E-state index is -0.470. The maximum absolute atomic E-state index is 12.9. The quantitative estimate of drug-likeness (QED) is 0.351. The molecule has 2 aromatic rings. The number of nitrogens with zero attached hydrogens (tertiary/aromatic N) is 1. The molecule has 2 atom stereocenters. The molecule has 1 aliphatic heterocycles. The van der Waals surface area contributed by atoms with E-state index in [2.05, 4.69) is 0 Å². The Morgan fingerprint density at radius 3 is 2.54 bits per heavy atom. The van der Waals surface area contributed by atoms with Crippen LogP contribution in [0.5, 0.6) is 5.75 Å². The molecule has 0 unspecified atom stereocenters. The number of hydrogen-bond donors (Lipinski definition) is 0. The SMILES string of the molecule is CC1=CC[C@@H]2C(=O)N(c3cccc(OC(=O)c4ccccc4C)c3)C(=O)[C@@H]2C1. The summed E-state index contributed by atoms with van der Waals surface area (Å²) >= 11 is 0. The van der Waals surface area contributed by atoms with Gasteiger partial charge in [0.2, 0.25) is 11.8 Å². The van der Waals surface area contributed by atoms with Crippen molar-refractivity contribution in [3.8, 4) is 5.75 Å². The van der Waals surface area contributed by atoms with Crippen LogP contribution >= 0.6 is 0 Å². The topological polar surface area (TPSA) is 63.7 Å². The van der Waals surface area contributed by atoms with Crippen molar-refractivity contribution in [2.75, 3.05) is 4.90 Å². The first-order chi connectivity index (χ1) is 13.5. The Hall–Kier alpha value is -3.21. The third-order valence-electron chi connectivity index (χ3n) is 5.47. The van der Waals surface area contributed by atoms with E-state index in [-0.39, 0.29) is 23.7 Å². The summed E-state index contributed by atoms with van der Waals surface area (Å²) in [6.07, 6.45) is 3.25. The molecule has 1 heterocycles. The summed E-state index contributed by atoms with van der Waals surface area (Å²) in [6, 6.07) is 13.8. The van der Waals surface area contributed by atoms with Crippen molar-refractivity contribution in [3.63, 3.8) is 0 Å². The molecule has 0 N–H and O–H groups in total. The van der Waals surface area contributed by atoms with Crippen molar-refractivity contribution < 1.29 is 19.1 Å². The molecule has 5 nitrogen and oxygen atoms in total. The van der Waals surface area contributed by atoms with E-state index in [1.165, 1.54) is 4.90 Å². The lowest BCUT2D eigenvalue weighted by molar-refractivity contribution is -0.122. The maximum atomic E-state index is 12.9. The van der Waals surface area contributed by atoms with Crippen LogP contribution in [0.15, 0.2) is 60.2 Å². The molecule has 5 heteroatoms. The van der Waals surface area contributed by atoms with Gasteiger partial charge in [-0.1, -0.05) is 35.9 Å². The number of anilines is 1. The number of carbonyl (C=O) groups excluding carboxylic acids is 3. The summed E-state index contributed by atoms with van der Waals surface area (Å²) < 4.78 is 5.49. The molecule has 0 bridgehead atoms. The van der Waals surface area contributed by atoms with Gasteiger partial charge in [0, 0.05) is 6.07 Å². The molecule has 2 aliphatic rings. The number of allylic oxidation sites excluding steroid dienone is 2. The maximum Gasteiger partial charge on any atom is 0.343 e. The van der Waals surface area contributed by atoms with Crippen LogP contribution in [0.25, 0.3) is 0 Å². The van der Waals surface area contributed by atoms with Crippen LogP contribution in [0.4, 0.5) is 5.69 Å². The second kappa shape index (κ2) is 7.08. The van der Waals surface area contributed by atoms with Crippen LogP contribution in [-0.2, 0) is 9.59 Å². The van der Waals surface area contributed by atoms with Crippen LogP contribution in [0.3, 0.4) is 0 Å². The van der Waals surface area contributed by atoms with Gasteiger partial charge in [-0.25, -0.2) is 9.69 Å². The smallest absolute Gasteiger partial charge is 0.343 e. The average Bonchev–Trinajstić information content (AvgIpc) is 2.92. The highest BCUT2D eigenvalue weighted by molar-refractivity contribution is 6.22. The fourth-order valence-electron chi connectivity index (χ4n) is 3.94. The van der Waals surface area contributed by atoms with Gasteiger partial charge in [-0.05, 0) is 50.5 Å². The Kier molecular flexibility index (Phi) is 4.59. The Morgan fingerprint density at radius 2 is 1.75 bits per heavy atom. The molecule has 1 aliphatic carbocycles. The van der Waals surface area contributed by atoms with Crippen LogP contribution in [0.1, 0.15) is 35.7 Å². The summed E-state index contributed by atoms with van der Waals surface area (Å²) in [7, 11) is 0. The van der Waals surface area contributed by atoms with Gasteiger partial charge in [0.15, 0.2) is 0 Å². The van der Waals surface area contributed by atoms with Gasteiger partial charge in [-0.3, -0.25) is 9.59 Å². The van der Waals surface area contributed by atoms with E-state index in [1.807, 2.05) is 32.1 Å². The van der Waals surface area contributed by atoms with Gasteiger partial charge in [0.25, 0.3) is 0 Å². The van der Waals surface area contributed by atoms with Crippen LogP contribution in [0, 0.1) is 18.8 Å². The molecule has 28 heavy (non-hydrogen) atoms. The van der Waals surface area contributed by atoms with Crippen LogP contribution in [-0.4, -0.2) is 17.8 Å². The summed E-state index contributed by atoms with van der Waals surface area (Å²) in [5.74, 6) is -1.12. The third-order valence-corrected chi connectivity index (χ3v) is 5.47. The van der Waals surface area contributed by atoms with E-state index in [0.717, 1.165) is 11.1 Å². The van der Waals surface area contributed by atoms with E-state index >= 15 is 0 Å². The lowest BCUT2D eigenvalue weighted by Crippen LogP contribution is -2.30. The normalized spacial score (nSPS) is 21.4. The fraction of sp³-hybridized carbons (Fsp3) is 0.261. The van der Waals surface area contributed by atoms with Crippen LogP contribution < -0.4 is 9.64 Å². The van der Waals surface area contributed by atoms with Crippen molar-refractivity contribution in [1.82, 2.24) is 0 Å². The molecule has 0 aromatic heterocycles. The highest BCUT2D eigenvalue weighted by atomic mass is 16.5. The van der Waals surface area contributed by atoms with Crippen molar-refractivity contribution in [3.05, 3.63) is 71.3 Å². The van der Waals surface area contributed by atoms with Crippen molar-refractivity contribution in [1.29, 1.82) is 0 Å². The van der Waals surface area contributed by atoms with Crippen molar-refractivity contribution >= 4 is 23.5 Å². The molecule has 2 amide bonds. The average molecular weight is 375 g/mol. The predicted octanol–water partition coefficient (Wildman–Crippen LogP) is 4.06. The first-order valence-corrected chi connectivity index (χ1v) is 9.37. The largest absolute Gasteiger partial charge is 0.423 e. The molecule has 0 spiro atoms. The van der Waals surface area contributed by atoms with Crippen molar-refractivity contribution in [2.24, 2.45) is 11.8 Å². The number of carbonyl (C=O) groups is 3. The highest BCUT2D eigenvalue weighted by Crippen LogP contribution is 2.40. The second-order valence-electron chi connectivity index (χ2n) is 7.42. The number of benzene rings is 2. The number of ether oxygens (including phenoxy) is 1. The van der Waals surface area contributed by atoms with Gasteiger partial charge in [-0.15, -0.1) is 0 Å². The standard InChI is InChI=1S/C23H21NO4/c1-14-10-11-19-20(12-14)22(26)24(21(19)25)16-7-5-8-17(13-16)28-23(27)18-9-4-3-6-15(18)2/h3-10,13,19-20H,11-12H2,1-2H3/t19-,20+/m0/s1. The van der Waals surface area contributed by atoms with Crippen LogP contribution in [0.2, 0.25) is 0 Å². The molecule has 2 aromatic carbocycles. The number of rotatable bonds is 3. The molecule has 1 fully saturated rings. The van der Waals surface area contributed by atoms with E-state index in [0.29, 0.717) is 29.8 Å². The number of imide groups is 1. The highest BCUT2D eigenvalue weighted by Gasteiger charge is 2.48. The second-order valence-corrected chi connectivity index (χ2v) is 7.42. The lowest BCUT2D eigenvalue weighted by Gasteiger charge is -2.18. The zero-order valence-corrected chi connectivity index (χ0v) is 15.8. The minimum absolute atomic E-state index is 0.176.